The molecule has 0 amide bonds. The fraction of sp³-hybridized carbons (Fsp3) is 0.625. The molecule has 2 unspecified atom stereocenters. The van der Waals surface area contributed by atoms with Gasteiger partial charge in [0.05, 0.1) is 7.11 Å². The zero-order valence-corrected chi connectivity index (χ0v) is 12.7. The smallest absolute Gasteiger partial charge is 0.131 e. The first-order valence-corrected chi connectivity index (χ1v) is 7.44. The monoisotopic (exact) mass is 280 g/mol. The van der Waals surface area contributed by atoms with E-state index < -0.39 is 0 Å². The van der Waals surface area contributed by atoms with Crippen molar-refractivity contribution in [1.29, 1.82) is 0 Å². The minimum absolute atomic E-state index is 0.179. The molecule has 0 spiro atoms. The Bertz CT molecular complexity index is 438. The lowest BCUT2D eigenvalue weighted by atomic mass is 10.1. The molecule has 1 fully saturated rings. The van der Waals surface area contributed by atoms with Crippen LogP contribution in [0, 0.1) is 5.82 Å². The molecule has 0 aromatic heterocycles. The molecule has 1 N–H and O–H groups in total. The lowest BCUT2D eigenvalue weighted by Gasteiger charge is -2.29. The van der Waals surface area contributed by atoms with Crippen LogP contribution in [0.3, 0.4) is 0 Å². The summed E-state index contributed by atoms with van der Waals surface area (Å²) in [5, 5.41) is 3.55. The van der Waals surface area contributed by atoms with Gasteiger partial charge in [-0.2, -0.15) is 0 Å². The fourth-order valence-electron chi connectivity index (χ4n) is 2.70. The first kappa shape index (κ1) is 15.3. The molecule has 1 aromatic carbocycles. The number of rotatable bonds is 4. The van der Waals surface area contributed by atoms with Gasteiger partial charge in [-0.3, -0.25) is 4.90 Å². The van der Waals surface area contributed by atoms with Crippen LogP contribution < -0.4 is 10.1 Å². The Balaban J connectivity index is 2.10. The summed E-state index contributed by atoms with van der Waals surface area (Å²) >= 11 is 0. The first-order chi connectivity index (χ1) is 9.63. The average molecular weight is 280 g/mol. The summed E-state index contributed by atoms with van der Waals surface area (Å²) in [6, 6.07) is 6.10. The Morgan fingerprint density at radius 3 is 2.90 bits per heavy atom. The molecule has 2 atom stereocenters. The molecule has 1 aliphatic heterocycles. The number of hydrogen-bond acceptors (Lipinski definition) is 3. The van der Waals surface area contributed by atoms with Crippen molar-refractivity contribution in [1.82, 2.24) is 10.2 Å². The van der Waals surface area contributed by atoms with Crippen molar-refractivity contribution < 1.29 is 9.13 Å². The van der Waals surface area contributed by atoms with E-state index in [-0.39, 0.29) is 5.82 Å². The summed E-state index contributed by atoms with van der Waals surface area (Å²) in [4.78, 5) is 2.37. The van der Waals surface area contributed by atoms with Crippen molar-refractivity contribution in [2.75, 3.05) is 20.2 Å². The second-order valence-corrected chi connectivity index (χ2v) is 5.58. The Morgan fingerprint density at radius 1 is 1.45 bits per heavy atom. The van der Waals surface area contributed by atoms with Crippen LogP contribution in [0.25, 0.3) is 0 Å². The van der Waals surface area contributed by atoms with Gasteiger partial charge in [-0.25, -0.2) is 4.39 Å². The van der Waals surface area contributed by atoms with Gasteiger partial charge in [-0.15, -0.1) is 0 Å². The van der Waals surface area contributed by atoms with Gasteiger partial charge in [-0.05, 0) is 32.4 Å². The molecule has 2 rings (SSSR count). The third kappa shape index (κ3) is 3.70. The van der Waals surface area contributed by atoms with Crippen molar-refractivity contribution in [2.24, 2.45) is 0 Å². The van der Waals surface area contributed by atoms with Gasteiger partial charge in [0.25, 0.3) is 0 Å². The number of nitrogens with zero attached hydrogens (tertiary/aromatic N) is 1. The molecule has 4 heteroatoms. The molecule has 112 valence electrons. The standard InChI is InChI=1S/C16H25FN2O/c1-4-14-11-19(12(2)7-8-18-14)10-13-5-6-15(20-3)9-16(13)17/h5-6,9,12,14,18H,4,7-8,10-11H2,1-3H3. The average Bonchev–Trinajstić information content (AvgIpc) is 2.63. The maximum atomic E-state index is 14.1. The van der Waals surface area contributed by atoms with Gasteiger partial charge >= 0.3 is 0 Å². The summed E-state index contributed by atoms with van der Waals surface area (Å²) in [5.74, 6) is 0.394. The van der Waals surface area contributed by atoms with Crippen LogP contribution in [-0.4, -0.2) is 37.2 Å². The Hall–Kier alpha value is -1.13. The van der Waals surface area contributed by atoms with Gasteiger partial charge in [0, 0.05) is 36.8 Å². The van der Waals surface area contributed by atoms with Gasteiger partial charge < -0.3 is 10.1 Å². The molecule has 0 bridgehead atoms. The SMILES string of the molecule is CCC1CN(Cc2ccc(OC)cc2F)C(C)CCN1. The second kappa shape index (κ2) is 7.04. The van der Waals surface area contributed by atoms with Gasteiger partial charge in [0.2, 0.25) is 0 Å². The Kier molecular flexibility index (Phi) is 5.38. The van der Waals surface area contributed by atoms with Crippen LogP contribution in [-0.2, 0) is 6.54 Å². The fourth-order valence-corrected chi connectivity index (χ4v) is 2.70. The zero-order valence-electron chi connectivity index (χ0n) is 12.7. The molecule has 3 nitrogen and oxygen atoms in total. The predicted molar refractivity (Wildman–Crippen MR) is 79.5 cm³/mol. The third-order valence-electron chi connectivity index (χ3n) is 4.20. The molecule has 0 saturated carbocycles. The van der Waals surface area contributed by atoms with Gasteiger partial charge in [0.15, 0.2) is 0 Å². The Morgan fingerprint density at radius 2 is 2.25 bits per heavy atom. The highest BCUT2D eigenvalue weighted by atomic mass is 19.1. The number of hydrogen-bond donors (Lipinski definition) is 1. The van der Waals surface area contributed by atoms with Crippen molar-refractivity contribution >= 4 is 0 Å². The van der Waals surface area contributed by atoms with E-state index >= 15 is 0 Å². The quantitative estimate of drug-likeness (QED) is 0.918. The lowest BCUT2D eigenvalue weighted by Crippen LogP contribution is -2.39. The lowest BCUT2D eigenvalue weighted by molar-refractivity contribution is 0.192. The topological polar surface area (TPSA) is 24.5 Å². The maximum Gasteiger partial charge on any atom is 0.131 e. The zero-order chi connectivity index (χ0) is 14.5. The maximum absolute atomic E-state index is 14.1. The minimum Gasteiger partial charge on any atom is -0.497 e. The molecular weight excluding hydrogens is 255 g/mol. The molecular formula is C16H25FN2O. The van der Waals surface area contributed by atoms with E-state index in [1.807, 2.05) is 12.1 Å². The van der Waals surface area contributed by atoms with E-state index in [4.69, 9.17) is 4.74 Å². The summed E-state index contributed by atoms with van der Waals surface area (Å²) in [7, 11) is 1.56. The summed E-state index contributed by atoms with van der Waals surface area (Å²) in [6.07, 6.45) is 2.21. The minimum atomic E-state index is -0.179. The van der Waals surface area contributed by atoms with Crippen LogP contribution in [0.2, 0.25) is 0 Å². The highest BCUT2D eigenvalue weighted by Gasteiger charge is 2.22. The highest BCUT2D eigenvalue weighted by Crippen LogP contribution is 2.20. The van der Waals surface area contributed by atoms with Crippen LogP contribution in [0.5, 0.6) is 5.75 Å². The van der Waals surface area contributed by atoms with Crippen molar-refractivity contribution in [3.63, 3.8) is 0 Å². The van der Waals surface area contributed by atoms with Gasteiger partial charge in [-0.1, -0.05) is 13.0 Å². The summed E-state index contributed by atoms with van der Waals surface area (Å²) in [6.45, 7) is 7.10. The van der Waals surface area contributed by atoms with Crippen molar-refractivity contribution in [3.05, 3.63) is 29.6 Å². The van der Waals surface area contributed by atoms with Crippen LogP contribution in [0.4, 0.5) is 4.39 Å². The number of halogens is 1. The van der Waals surface area contributed by atoms with E-state index in [1.165, 1.54) is 6.07 Å². The van der Waals surface area contributed by atoms with Crippen LogP contribution >= 0.6 is 0 Å². The largest absolute Gasteiger partial charge is 0.497 e. The number of ether oxygens (including phenoxy) is 1. The number of benzene rings is 1. The second-order valence-electron chi connectivity index (χ2n) is 5.58. The molecule has 1 aromatic rings. The van der Waals surface area contributed by atoms with E-state index in [9.17, 15) is 4.39 Å². The summed E-state index contributed by atoms with van der Waals surface area (Å²) < 4.78 is 19.1. The number of methoxy groups -OCH3 is 1. The molecule has 1 saturated heterocycles. The van der Waals surface area contributed by atoms with Crippen LogP contribution in [0.15, 0.2) is 18.2 Å². The van der Waals surface area contributed by atoms with Gasteiger partial charge in [0.1, 0.15) is 11.6 Å². The number of nitrogens with one attached hydrogen (secondary N) is 1. The highest BCUT2D eigenvalue weighted by molar-refractivity contribution is 5.28. The first-order valence-electron chi connectivity index (χ1n) is 7.44. The molecule has 1 heterocycles. The predicted octanol–water partition coefficient (Wildman–Crippen LogP) is 2.80. The van der Waals surface area contributed by atoms with E-state index in [0.717, 1.165) is 31.5 Å². The molecule has 0 radical (unpaired) electrons. The van der Waals surface area contributed by atoms with E-state index in [0.29, 0.717) is 24.4 Å². The Labute approximate surface area is 121 Å². The van der Waals surface area contributed by atoms with Crippen molar-refractivity contribution in [3.8, 4) is 5.75 Å². The van der Waals surface area contributed by atoms with E-state index in [1.54, 1.807) is 7.11 Å². The van der Waals surface area contributed by atoms with Crippen LogP contribution in [0.1, 0.15) is 32.3 Å². The van der Waals surface area contributed by atoms with E-state index in [2.05, 4.69) is 24.1 Å². The van der Waals surface area contributed by atoms with Crippen molar-refractivity contribution in [2.45, 2.75) is 45.3 Å². The molecule has 0 aliphatic carbocycles. The summed E-state index contributed by atoms with van der Waals surface area (Å²) in [5.41, 5.74) is 0.745. The molecule has 20 heavy (non-hydrogen) atoms. The molecule has 1 aliphatic rings. The third-order valence-corrected chi connectivity index (χ3v) is 4.20. The normalized spacial score (nSPS) is 24.4.